The molecule has 0 saturated heterocycles. The Morgan fingerprint density at radius 3 is 1.55 bits per heavy atom. The lowest BCUT2D eigenvalue weighted by molar-refractivity contribution is 0.794. The maximum absolute atomic E-state index is 2.38. The number of benzene rings is 7. The van der Waals surface area contributed by atoms with Crippen molar-refractivity contribution in [3.05, 3.63) is 179 Å². The van der Waals surface area contributed by atoms with Gasteiger partial charge in [0.2, 0.25) is 0 Å². The molecule has 0 unspecified atom stereocenters. The van der Waals surface area contributed by atoms with Crippen molar-refractivity contribution < 1.29 is 0 Å². The first-order valence-electron chi connectivity index (χ1n) is 15.8. The second-order valence-corrected chi connectivity index (χ2v) is 11.7. The van der Waals surface area contributed by atoms with Gasteiger partial charge in [0.05, 0.1) is 5.41 Å². The zero-order chi connectivity index (χ0) is 29.8. The van der Waals surface area contributed by atoms with Crippen LogP contribution in [0.15, 0.2) is 152 Å². The summed E-state index contributed by atoms with van der Waals surface area (Å²) in [7, 11) is 0. The van der Waals surface area contributed by atoms with Gasteiger partial charge in [0.25, 0.3) is 0 Å². The van der Waals surface area contributed by atoms with Gasteiger partial charge in [-0.1, -0.05) is 171 Å². The predicted molar refractivity (Wildman–Crippen MR) is 187 cm³/mol. The Hall–Kier alpha value is -5.20. The van der Waals surface area contributed by atoms with Crippen LogP contribution in [-0.4, -0.2) is 0 Å². The van der Waals surface area contributed by atoms with Crippen molar-refractivity contribution in [1.82, 2.24) is 0 Å². The largest absolute Gasteiger partial charge is 0.0725 e. The van der Waals surface area contributed by atoms with Crippen molar-refractivity contribution in [2.24, 2.45) is 0 Å². The maximum atomic E-state index is 2.38. The molecule has 0 bridgehead atoms. The smallest absolute Gasteiger partial charge is 0.0683 e. The molecule has 0 amide bonds. The fourth-order valence-corrected chi connectivity index (χ4v) is 7.90. The van der Waals surface area contributed by atoms with Crippen molar-refractivity contribution in [2.75, 3.05) is 0 Å². The van der Waals surface area contributed by atoms with E-state index in [2.05, 4.69) is 159 Å². The fourth-order valence-electron chi connectivity index (χ4n) is 7.90. The SMILES string of the molecule is CC.Cc1ccc(-c2c(-c3cccc4c3-c3ccccc3C43c4ccccc4-c4ccccc43)ccc3ccccc23)cc1. The van der Waals surface area contributed by atoms with Crippen molar-refractivity contribution in [2.45, 2.75) is 26.2 Å². The highest BCUT2D eigenvalue weighted by Gasteiger charge is 2.51. The van der Waals surface area contributed by atoms with Crippen LogP contribution in [0, 0.1) is 6.92 Å². The van der Waals surface area contributed by atoms with Gasteiger partial charge < -0.3 is 0 Å². The number of aryl methyl sites for hydroxylation is 1. The van der Waals surface area contributed by atoms with Crippen LogP contribution in [0.5, 0.6) is 0 Å². The van der Waals surface area contributed by atoms with Crippen LogP contribution in [0.4, 0.5) is 0 Å². The molecule has 0 heterocycles. The molecule has 0 aromatic heterocycles. The molecule has 0 N–H and O–H groups in total. The summed E-state index contributed by atoms with van der Waals surface area (Å²) in [4.78, 5) is 0. The molecule has 7 aromatic carbocycles. The second kappa shape index (κ2) is 10.2. The normalized spacial score (nSPS) is 13.1. The first-order chi connectivity index (χ1) is 21.8. The Labute approximate surface area is 260 Å². The van der Waals surface area contributed by atoms with E-state index < -0.39 is 0 Å². The van der Waals surface area contributed by atoms with Crippen LogP contribution in [0.25, 0.3) is 55.3 Å². The minimum atomic E-state index is -0.337. The van der Waals surface area contributed by atoms with E-state index in [4.69, 9.17) is 0 Å². The molecule has 0 radical (unpaired) electrons. The Morgan fingerprint density at radius 1 is 0.364 bits per heavy atom. The molecule has 1 spiro atoms. The van der Waals surface area contributed by atoms with Crippen LogP contribution in [0.1, 0.15) is 41.7 Å². The number of hydrogen-bond donors (Lipinski definition) is 0. The third-order valence-corrected chi connectivity index (χ3v) is 9.58. The van der Waals surface area contributed by atoms with Crippen LogP contribution in [-0.2, 0) is 5.41 Å². The molecule has 2 aliphatic carbocycles. The first-order valence-corrected chi connectivity index (χ1v) is 15.8. The average Bonchev–Trinajstić information content (AvgIpc) is 3.57. The van der Waals surface area contributed by atoms with Gasteiger partial charge in [-0.05, 0) is 84.5 Å². The van der Waals surface area contributed by atoms with E-state index in [1.807, 2.05) is 13.8 Å². The van der Waals surface area contributed by atoms with Crippen molar-refractivity contribution >= 4 is 10.8 Å². The van der Waals surface area contributed by atoms with Crippen LogP contribution >= 0.6 is 0 Å². The van der Waals surface area contributed by atoms with E-state index in [1.54, 1.807) is 0 Å². The van der Waals surface area contributed by atoms with Gasteiger partial charge in [0.1, 0.15) is 0 Å². The summed E-state index contributed by atoms with van der Waals surface area (Å²) >= 11 is 0. The minimum absolute atomic E-state index is 0.337. The summed E-state index contributed by atoms with van der Waals surface area (Å²) < 4.78 is 0. The third kappa shape index (κ3) is 3.52. The van der Waals surface area contributed by atoms with Gasteiger partial charge in [-0.15, -0.1) is 0 Å². The second-order valence-electron chi connectivity index (χ2n) is 11.7. The van der Waals surface area contributed by atoms with Gasteiger partial charge in [0, 0.05) is 0 Å². The van der Waals surface area contributed by atoms with Crippen LogP contribution in [0.2, 0.25) is 0 Å². The third-order valence-electron chi connectivity index (χ3n) is 9.58. The lowest BCUT2D eigenvalue weighted by Crippen LogP contribution is -2.25. The van der Waals surface area contributed by atoms with Gasteiger partial charge in [-0.25, -0.2) is 0 Å². The molecule has 210 valence electrons. The quantitative estimate of drug-likeness (QED) is 0.197. The van der Waals surface area contributed by atoms with Crippen molar-refractivity contribution in [1.29, 1.82) is 0 Å². The Bertz CT molecular complexity index is 2150. The number of rotatable bonds is 2. The molecule has 9 rings (SSSR count). The van der Waals surface area contributed by atoms with E-state index in [-0.39, 0.29) is 5.41 Å². The zero-order valence-electron chi connectivity index (χ0n) is 25.4. The predicted octanol–water partition coefficient (Wildman–Crippen LogP) is 11.9. The summed E-state index contributed by atoms with van der Waals surface area (Å²) in [6.45, 7) is 6.16. The van der Waals surface area contributed by atoms with E-state index >= 15 is 0 Å². The molecule has 0 saturated carbocycles. The summed E-state index contributed by atoms with van der Waals surface area (Å²) in [5, 5.41) is 2.55. The monoisotopic (exact) mass is 562 g/mol. The topological polar surface area (TPSA) is 0 Å². The number of fused-ring (bicyclic) bond motifs is 11. The summed E-state index contributed by atoms with van der Waals surface area (Å²) in [6.07, 6.45) is 0. The molecular weight excluding hydrogens is 528 g/mol. The molecular formula is C44H34. The van der Waals surface area contributed by atoms with Crippen LogP contribution < -0.4 is 0 Å². The molecule has 0 heteroatoms. The molecule has 0 aliphatic heterocycles. The lowest BCUT2D eigenvalue weighted by Gasteiger charge is -2.30. The van der Waals surface area contributed by atoms with E-state index in [1.165, 1.54) is 83.1 Å². The summed E-state index contributed by atoms with van der Waals surface area (Å²) in [5.41, 5.74) is 16.9. The maximum Gasteiger partial charge on any atom is 0.0725 e. The molecule has 0 atom stereocenters. The van der Waals surface area contributed by atoms with Gasteiger partial charge >= 0.3 is 0 Å². The summed E-state index contributed by atoms with van der Waals surface area (Å²) in [5.74, 6) is 0. The molecule has 2 aliphatic rings. The Morgan fingerprint density at radius 2 is 0.864 bits per heavy atom. The van der Waals surface area contributed by atoms with E-state index in [0.717, 1.165) is 0 Å². The molecule has 0 fully saturated rings. The van der Waals surface area contributed by atoms with E-state index in [9.17, 15) is 0 Å². The van der Waals surface area contributed by atoms with Crippen molar-refractivity contribution in [3.8, 4) is 44.5 Å². The summed E-state index contributed by atoms with van der Waals surface area (Å²) in [6, 6.07) is 56.6. The highest BCUT2D eigenvalue weighted by atomic mass is 14.5. The highest BCUT2D eigenvalue weighted by molar-refractivity contribution is 6.08. The van der Waals surface area contributed by atoms with E-state index in [0.29, 0.717) is 0 Å². The Balaban J connectivity index is 0.00000142. The molecule has 44 heavy (non-hydrogen) atoms. The average molecular weight is 563 g/mol. The minimum Gasteiger partial charge on any atom is -0.0683 e. The van der Waals surface area contributed by atoms with Gasteiger partial charge in [-0.3, -0.25) is 0 Å². The fraction of sp³-hybridized carbons (Fsp3) is 0.0909. The lowest BCUT2D eigenvalue weighted by atomic mass is 9.70. The first kappa shape index (κ1) is 26.4. The highest BCUT2D eigenvalue weighted by Crippen LogP contribution is 2.64. The van der Waals surface area contributed by atoms with Crippen LogP contribution in [0.3, 0.4) is 0 Å². The Kier molecular flexibility index (Phi) is 6.13. The molecule has 0 nitrogen and oxygen atoms in total. The standard InChI is InChI=1S/C42H28.C2H6/c1-27-21-23-29(24-22-27)40-30-12-3-2-11-28(30)25-26-34(40)33-16-10-20-39-41(33)35-15-6-9-19-38(35)42(39)36-17-7-4-13-31(36)32-14-5-8-18-37(32)42;1-2/h2-26H,1H3;1-2H3. The van der Waals surface area contributed by atoms with Gasteiger partial charge in [0.15, 0.2) is 0 Å². The van der Waals surface area contributed by atoms with Crippen molar-refractivity contribution in [3.63, 3.8) is 0 Å². The number of hydrogen-bond acceptors (Lipinski definition) is 0. The zero-order valence-corrected chi connectivity index (χ0v) is 25.4. The molecule has 7 aromatic rings. The van der Waals surface area contributed by atoms with Gasteiger partial charge in [-0.2, -0.15) is 0 Å².